The first-order valence-corrected chi connectivity index (χ1v) is 6.77. The van der Waals surface area contributed by atoms with Crippen molar-refractivity contribution in [3.63, 3.8) is 0 Å². The summed E-state index contributed by atoms with van der Waals surface area (Å²) in [5.74, 6) is -0.893. The molecule has 0 radical (unpaired) electrons. The van der Waals surface area contributed by atoms with Crippen molar-refractivity contribution >= 4 is 15.7 Å². The van der Waals surface area contributed by atoms with Gasteiger partial charge in [0.25, 0.3) is 0 Å². The molecule has 0 aliphatic carbocycles. The van der Waals surface area contributed by atoms with Crippen molar-refractivity contribution in [2.24, 2.45) is 0 Å². The maximum atomic E-state index is 13.5. The van der Waals surface area contributed by atoms with E-state index in [4.69, 9.17) is 5.73 Å². The Morgan fingerprint density at radius 3 is 2.74 bits per heavy atom. The SMILES string of the molecule is Nc1cccc(F)c1S(=O)(=O)NCc1ccncn1. The third-order valence-corrected chi connectivity index (χ3v) is 3.85. The molecule has 0 aliphatic rings. The summed E-state index contributed by atoms with van der Waals surface area (Å²) < 4.78 is 39.7. The van der Waals surface area contributed by atoms with Gasteiger partial charge in [-0.1, -0.05) is 6.07 Å². The lowest BCUT2D eigenvalue weighted by molar-refractivity contribution is 0.557. The number of nitrogen functional groups attached to an aromatic ring is 1. The fourth-order valence-electron chi connectivity index (χ4n) is 1.47. The molecule has 1 aromatic heterocycles. The van der Waals surface area contributed by atoms with Gasteiger partial charge in [0.1, 0.15) is 17.0 Å². The molecule has 0 unspecified atom stereocenters. The zero-order valence-corrected chi connectivity index (χ0v) is 10.6. The quantitative estimate of drug-likeness (QED) is 0.803. The number of nitrogens with one attached hydrogen (secondary N) is 1. The molecule has 0 spiro atoms. The summed E-state index contributed by atoms with van der Waals surface area (Å²) in [5.41, 5.74) is 5.81. The van der Waals surface area contributed by atoms with E-state index in [-0.39, 0.29) is 12.2 Å². The van der Waals surface area contributed by atoms with Crippen LogP contribution in [0, 0.1) is 5.82 Å². The molecule has 3 N–H and O–H groups in total. The van der Waals surface area contributed by atoms with Gasteiger partial charge in [-0.3, -0.25) is 0 Å². The van der Waals surface area contributed by atoms with Crippen LogP contribution in [0.4, 0.5) is 10.1 Å². The van der Waals surface area contributed by atoms with Crippen LogP contribution in [-0.4, -0.2) is 18.4 Å². The standard InChI is InChI=1S/C11H11FN4O2S/c12-9-2-1-3-10(13)11(9)19(17,18)16-6-8-4-5-14-7-15-8/h1-5,7,16H,6,13H2. The van der Waals surface area contributed by atoms with Crippen LogP contribution >= 0.6 is 0 Å². The summed E-state index contributed by atoms with van der Waals surface area (Å²) in [6, 6.07) is 5.25. The second-order valence-electron chi connectivity index (χ2n) is 3.68. The van der Waals surface area contributed by atoms with Crippen molar-refractivity contribution in [3.8, 4) is 0 Å². The van der Waals surface area contributed by atoms with Gasteiger partial charge in [0, 0.05) is 6.20 Å². The lowest BCUT2D eigenvalue weighted by Gasteiger charge is -2.09. The van der Waals surface area contributed by atoms with Gasteiger partial charge >= 0.3 is 0 Å². The second-order valence-corrected chi connectivity index (χ2v) is 5.39. The molecular formula is C11H11FN4O2S. The first-order valence-electron chi connectivity index (χ1n) is 5.29. The van der Waals surface area contributed by atoms with Crippen molar-refractivity contribution in [2.45, 2.75) is 11.4 Å². The molecule has 0 amide bonds. The molecule has 0 aliphatic heterocycles. The number of nitrogens with two attached hydrogens (primary N) is 1. The van der Waals surface area contributed by atoms with Crippen molar-refractivity contribution in [1.82, 2.24) is 14.7 Å². The average molecular weight is 282 g/mol. The van der Waals surface area contributed by atoms with Gasteiger partial charge in [-0.25, -0.2) is 27.5 Å². The van der Waals surface area contributed by atoms with Gasteiger partial charge in [0.05, 0.1) is 17.9 Å². The van der Waals surface area contributed by atoms with E-state index in [1.54, 1.807) is 6.07 Å². The molecule has 0 fully saturated rings. The maximum Gasteiger partial charge on any atom is 0.245 e. The Hall–Kier alpha value is -2.06. The smallest absolute Gasteiger partial charge is 0.245 e. The van der Waals surface area contributed by atoms with E-state index >= 15 is 0 Å². The number of hydrogen-bond donors (Lipinski definition) is 2. The monoisotopic (exact) mass is 282 g/mol. The topological polar surface area (TPSA) is 98.0 Å². The molecule has 100 valence electrons. The Balaban J connectivity index is 2.24. The number of anilines is 1. The van der Waals surface area contributed by atoms with Crippen LogP contribution in [0.1, 0.15) is 5.69 Å². The number of aromatic nitrogens is 2. The molecule has 19 heavy (non-hydrogen) atoms. The van der Waals surface area contributed by atoms with Crippen LogP contribution in [0.2, 0.25) is 0 Å². The van der Waals surface area contributed by atoms with Crippen molar-refractivity contribution in [2.75, 3.05) is 5.73 Å². The second kappa shape index (κ2) is 5.29. The minimum Gasteiger partial charge on any atom is -0.398 e. The van der Waals surface area contributed by atoms with Gasteiger partial charge in [-0.15, -0.1) is 0 Å². The Morgan fingerprint density at radius 1 is 1.32 bits per heavy atom. The molecule has 2 aromatic rings. The molecule has 0 bridgehead atoms. The van der Waals surface area contributed by atoms with E-state index in [0.29, 0.717) is 5.69 Å². The third kappa shape index (κ3) is 3.04. The number of hydrogen-bond acceptors (Lipinski definition) is 5. The minimum atomic E-state index is -4.03. The molecule has 8 heteroatoms. The summed E-state index contributed by atoms with van der Waals surface area (Å²) in [5, 5.41) is 0. The van der Waals surface area contributed by atoms with Gasteiger partial charge < -0.3 is 5.73 Å². The van der Waals surface area contributed by atoms with Crippen LogP contribution in [0.15, 0.2) is 41.7 Å². The number of rotatable bonds is 4. The van der Waals surface area contributed by atoms with Crippen LogP contribution in [0.5, 0.6) is 0 Å². The number of halogens is 1. The molecule has 2 rings (SSSR count). The van der Waals surface area contributed by atoms with Crippen LogP contribution < -0.4 is 10.5 Å². The summed E-state index contributed by atoms with van der Waals surface area (Å²) in [6.07, 6.45) is 2.77. The highest BCUT2D eigenvalue weighted by atomic mass is 32.2. The zero-order valence-electron chi connectivity index (χ0n) is 9.75. The fourth-order valence-corrected chi connectivity index (χ4v) is 2.66. The number of benzene rings is 1. The Kier molecular flexibility index (Phi) is 3.72. The average Bonchev–Trinajstić information content (AvgIpc) is 2.37. The first-order chi connectivity index (χ1) is 9.00. The van der Waals surface area contributed by atoms with Gasteiger partial charge in [0.2, 0.25) is 10.0 Å². The van der Waals surface area contributed by atoms with Gasteiger partial charge in [-0.05, 0) is 18.2 Å². The summed E-state index contributed by atoms with van der Waals surface area (Å²) >= 11 is 0. The highest BCUT2D eigenvalue weighted by molar-refractivity contribution is 7.89. The van der Waals surface area contributed by atoms with Gasteiger partial charge in [0.15, 0.2) is 0 Å². The predicted molar refractivity (Wildman–Crippen MR) is 66.9 cm³/mol. The van der Waals surface area contributed by atoms with Crippen molar-refractivity contribution in [3.05, 3.63) is 48.3 Å². The van der Waals surface area contributed by atoms with E-state index < -0.39 is 20.7 Å². The van der Waals surface area contributed by atoms with Crippen LogP contribution in [0.3, 0.4) is 0 Å². The predicted octanol–water partition coefficient (Wildman–Crippen LogP) is 0.676. The third-order valence-electron chi connectivity index (χ3n) is 2.35. The molecule has 0 atom stereocenters. The summed E-state index contributed by atoms with van der Waals surface area (Å²) in [4.78, 5) is 7.01. The van der Waals surface area contributed by atoms with E-state index in [2.05, 4.69) is 14.7 Å². The van der Waals surface area contributed by atoms with Crippen molar-refractivity contribution < 1.29 is 12.8 Å². The Morgan fingerprint density at radius 2 is 2.11 bits per heavy atom. The van der Waals surface area contributed by atoms with E-state index in [1.165, 1.54) is 24.7 Å². The van der Waals surface area contributed by atoms with E-state index in [0.717, 1.165) is 6.07 Å². The summed E-state index contributed by atoms with van der Waals surface area (Å²) in [6.45, 7) is -0.0708. The molecule has 6 nitrogen and oxygen atoms in total. The minimum absolute atomic E-state index is 0.0708. The van der Waals surface area contributed by atoms with E-state index in [1.807, 2.05) is 0 Å². The number of nitrogens with zero attached hydrogens (tertiary/aromatic N) is 2. The normalized spacial score (nSPS) is 11.4. The molecule has 0 saturated carbocycles. The lowest BCUT2D eigenvalue weighted by Crippen LogP contribution is -2.25. The van der Waals surface area contributed by atoms with E-state index in [9.17, 15) is 12.8 Å². The molecular weight excluding hydrogens is 271 g/mol. The first kappa shape index (κ1) is 13.4. The highest BCUT2D eigenvalue weighted by Crippen LogP contribution is 2.21. The van der Waals surface area contributed by atoms with Crippen molar-refractivity contribution in [1.29, 1.82) is 0 Å². The Labute approximate surface area is 109 Å². The summed E-state index contributed by atoms with van der Waals surface area (Å²) in [7, 11) is -4.03. The largest absolute Gasteiger partial charge is 0.398 e. The number of sulfonamides is 1. The molecule has 1 aromatic carbocycles. The zero-order chi connectivity index (χ0) is 13.9. The van der Waals surface area contributed by atoms with Crippen LogP contribution in [0.25, 0.3) is 0 Å². The Bertz CT molecular complexity index is 656. The van der Waals surface area contributed by atoms with Crippen LogP contribution in [-0.2, 0) is 16.6 Å². The lowest BCUT2D eigenvalue weighted by atomic mass is 10.3. The maximum absolute atomic E-state index is 13.5. The molecule has 1 heterocycles. The highest BCUT2D eigenvalue weighted by Gasteiger charge is 2.21. The van der Waals surface area contributed by atoms with Gasteiger partial charge in [-0.2, -0.15) is 0 Å². The molecule has 0 saturated heterocycles. The fraction of sp³-hybridized carbons (Fsp3) is 0.0909.